The van der Waals surface area contributed by atoms with Crippen LogP contribution in [0, 0.1) is 7.14 Å². The lowest BCUT2D eigenvalue weighted by molar-refractivity contribution is 0.0696. The van der Waals surface area contributed by atoms with Crippen LogP contribution in [0.15, 0.2) is 66.7 Å². The molecule has 27 heavy (non-hydrogen) atoms. The molecule has 0 fully saturated rings. The molecule has 0 saturated heterocycles. The van der Waals surface area contributed by atoms with E-state index in [2.05, 4.69) is 45.2 Å². The lowest BCUT2D eigenvalue weighted by Gasteiger charge is -2.12. The Hall–Kier alpha value is -1.94. The van der Waals surface area contributed by atoms with E-state index in [0.29, 0.717) is 16.9 Å². The topological polar surface area (TPSA) is 63.6 Å². The molecule has 0 aromatic heterocycles. The minimum Gasteiger partial charge on any atom is -0.487 e. The van der Waals surface area contributed by atoms with Crippen LogP contribution >= 0.6 is 45.2 Å². The zero-order valence-corrected chi connectivity index (χ0v) is 18.3. The first-order valence-corrected chi connectivity index (χ1v) is 10.2. The number of hydrogen-bond acceptors (Lipinski definition) is 3. The Morgan fingerprint density at radius 3 is 2.07 bits per heavy atom. The van der Waals surface area contributed by atoms with Gasteiger partial charge in [-0.15, -0.1) is 0 Å². The fourth-order valence-electron chi connectivity index (χ4n) is 2.54. The summed E-state index contributed by atoms with van der Waals surface area (Å²) in [7, 11) is 0. The van der Waals surface area contributed by atoms with Gasteiger partial charge < -0.3 is 9.84 Å². The summed E-state index contributed by atoms with van der Waals surface area (Å²) in [4.78, 5) is 23.7. The van der Waals surface area contributed by atoms with E-state index < -0.39 is 5.97 Å². The Balaban J connectivity index is 1.78. The molecular formula is C21H14I2O4. The highest BCUT2D eigenvalue weighted by atomic mass is 127. The molecule has 3 aromatic carbocycles. The van der Waals surface area contributed by atoms with Gasteiger partial charge in [0.1, 0.15) is 12.4 Å². The summed E-state index contributed by atoms with van der Waals surface area (Å²) in [5, 5.41) is 9.13. The third kappa shape index (κ3) is 4.86. The van der Waals surface area contributed by atoms with Crippen molar-refractivity contribution in [3.63, 3.8) is 0 Å². The Morgan fingerprint density at radius 2 is 1.44 bits per heavy atom. The quantitative estimate of drug-likeness (QED) is 0.312. The first kappa shape index (κ1) is 19.8. The van der Waals surface area contributed by atoms with Crippen LogP contribution in [0.5, 0.6) is 5.75 Å². The smallest absolute Gasteiger partial charge is 0.335 e. The summed E-state index contributed by atoms with van der Waals surface area (Å²) in [6.45, 7) is 0.286. The third-order valence-corrected chi connectivity index (χ3v) is 5.46. The molecule has 4 nitrogen and oxygen atoms in total. The SMILES string of the molecule is O=C(O)c1cc(I)c(OCc2cccc(C(=O)c3ccccc3)c2)c(I)c1. The summed E-state index contributed by atoms with van der Waals surface area (Å²) in [6.07, 6.45) is 0. The molecule has 0 amide bonds. The Morgan fingerprint density at radius 1 is 0.815 bits per heavy atom. The van der Waals surface area contributed by atoms with Gasteiger partial charge in [0.2, 0.25) is 0 Å². The number of halogens is 2. The minimum absolute atomic E-state index is 0.0348. The van der Waals surface area contributed by atoms with Gasteiger partial charge in [0.15, 0.2) is 5.78 Å². The van der Waals surface area contributed by atoms with Gasteiger partial charge in [0.25, 0.3) is 0 Å². The van der Waals surface area contributed by atoms with E-state index in [4.69, 9.17) is 9.84 Å². The maximum atomic E-state index is 12.6. The van der Waals surface area contributed by atoms with E-state index in [-0.39, 0.29) is 18.0 Å². The second-order valence-electron chi connectivity index (χ2n) is 5.76. The number of ether oxygens (including phenoxy) is 1. The lowest BCUT2D eigenvalue weighted by atomic mass is 10.0. The van der Waals surface area contributed by atoms with E-state index in [1.165, 1.54) is 0 Å². The number of benzene rings is 3. The zero-order valence-electron chi connectivity index (χ0n) is 14.0. The monoisotopic (exact) mass is 584 g/mol. The second kappa shape index (κ2) is 8.83. The molecule has 1 N–H and O–H groups in total. The number of aromatic carboxylic acids is 1. The normalized spacial score (nSPS) is 10.4. The maximum Gasteiger partial charge on any atom is 0.335 e. The Bertz CT molecular complexity index is 977. The van der Waals surface area contributed by atoms with Gasteiger partial charge in [-0.3, -0.25) is 4.79 Å². The molecule has 3 rings (SSSR count). The molecule has 3 aromatic rings. The predicted molar refractivity (Wildman–Crippen MR) is 119 cm³/mol. The molecule has 136 valence electrons. The van der Waals surface area contributed by atoms with Crippen LogP contribution in [0.2, 0.25) is 0 Å². The Labute approximate surface area is 183 Å². The van der Waals surface area contributed by atoms with Crippen molar-refractivity contribution in [3.05, 3.63) is 96.1 Å². The van der Waals surface area contributed by atoms with Crippen molar-refractivity contribution in [1.29, 1.82) is 0 Å². The van der Waals surface area contributed by atoms with E-state index in [0.717, 1.165) is 12.7 Å². The number of rotatable bonds is 6. The van der Waals surface area contributed by atoms with Crippen molar-refractivity contribution >= 4 is 56.9 Å². The van der Waals surface area contributed by atoms with Gasteiger partial charge in [-0.25, -0.2) is 4.79 Å². The molecule has 0 bridgehead atoms. The first-order valence-electron chi connectivity index (χ1n) is 7.99. The van der Waals surface area contributed by atoms with Crippen LogP contribution in [-0.4, -0.2) is 16.9 Å². The van der Waals surface area contributed by atoms with Crippen LogP contribution < -0.4 is 4.74 Å². The standard InChI is InChI=1S/C21H14I2O4/c22-17-10-16(21(25)26)11-18(23)20(17)27-12-13-5-4-8-15(9-13)19(24)14-6-2-1-3-7-14/h1-11H,12H2,(H,25,26). The fraction of sp³-hybridized carbons (Fsp3) is 0.0476. The molecule has 0 spiro atoms. The van der Waals surface area contributed by atoms with E-state index in [9.17, 15) is 9.59 Å². The van der Waals surface area contributed by atoms with Crippen LogP contribution in [-0.2, 0) is 6.61 Å². The molecule has 0 aliphatic rings. The van der Waals surface area contributed by atoms with Gasteiger partial charge in [0.05, 0.1) is 12.7 Å². The molecule has 6 heteroatoms. The largest absolute Gasteiger partial charge is 0.487 e. The van der Waals surface area contributed by atoms with Crippen molar-refractivity contribution in [2.24, 2.45) is 0 Å². The molecule has 0 heterocycles. The zero-order chi connectivity index (χ0) is 19.4. The fourth-order valence-corrected chi connectivity index (χ4v) is 4.61. The first-order chi connectivity index (χ1) is 13.0. The minimum atomic E-state index is -0.968. The van der Waals surface area contributed by atoms with E-state index >= 15 is 0 Å². The molecule has 0 unspecified atom stereocenters. The average Bonchev–Trinajstić information content (AvgIpc) is 2.67. The highest BCUT2D eigenvalue weighted by Gasteiger charge is 2.14. The second-order valence-corrected chi connectivity index (χ2v) is 8.08. The lowest BCUT2D eigenvalue weighted by Crippen LogP contribution is -2.05. The number of carbonyl (C=O) groups excluding carboxylic acids is 1. The summed E-state index contributed by atoms with van der Waals surface area (Å²) < 4.78 is 7.37. The Kier molecular flexibility index (Phi) is 6.48. The van der Waals surface area contributed by atoms with Gasteiger partial charge in [0, 0.05) is 11.1 Å². The molecule has 0 radical (unpaired) electrons. The van der Waals surface area contributed by atoms with E-state index in [1.807, 2.05) is 36.4 Å². The summed E-state index contributed by atoms with van der Waals surface area (Å²) >= 11 is 4.13. The van der Waals surface area contributed by atoms with Gasteiger partial charge in [-0.1, -0.05) is 48.5 Å². The van der Waals surface area contributed by atoms with Crippen molar-refractivity contribution in [2.75, 3.05) is 0 Å². The molecule has 0 saturated carbocycles. The highest BCUT2D eigenvalue weighted by molar-refractivity contribution is 14.1. The number of hydrogen-bond donors (Lipinski definition) is 1. The number of carbonyl (C=O) groups is 2. The summed E-state index contributed by atoms with van der Waals surface area (Å²) in [5.74, 6) is -0.363. The third-order valence-electron chi connectivity index (χ3n) is 3.85. The van der Waals surface area contributed by atoms with E-state index in [1.54, 1.807) is 30.3 Å². The highest BCUT2D eigenvalue weighted by Crippen LogP contribution is 2.30. The van der Waals surface area contributed by atoms with Crippen molar-refractivity contribution in [3.8, 4) is 5.75 Å². The van der Waals surface area contributed by atoms with Crippen molar-refractivity contribution in [2.45, 2.75) is 6.61 Å². The average molecular weight is 584 g/mol. The molecule has 0 atom stereocenters. The predicted octanol–water partition coefficient (Wildman–Crippen LogP) is 5.40. The molecule has 0 aliphatic heterocycles. The molecular weight excluding hydrogens is 570 g/mol. The summed E-state index contributed by atoms with van der Waals surface area (Å²) in [6, 6.07) is 19.6. The number of ketones is 1. The van der Waals surface area contributed by atoms with Crippen molar-refractivity contribution < 1.29 is 19.4 Å². The summed E-state index contributed by atoms with van der Waals surface area (Å²) in [5.41, 5.74) is 2.34. The van der Waals surface area contributed by atoms with Crippen molar-refractivity contribution in [1.82, 2.24) is 0 Å². The number of carboxylic acid groups (broad SMARTS) is 1. The van der Waals surface area contributed by atoms with Gasteiger partial charge in [-0.05, 0) is 68.9 Å². The van der Waals surface area contributed by atoms with Crippen LogP contribution in [0.25, 0.3) is 0 Å². The van der Waals surface area contributed by atoms with Gasteiger partial charge in [-0.2, -0.15) is 0 Å². The van der Waals surface area contributed by atoms with Crippen LogP contribution in [0.3, 0.4) is 0 Å². The maximum absolute atomic E-state index is 12.6. The number of carboxylic acids is 1. The van der Waals surface area contributed by atoms with Crippen LogP contribution in [0.4, 0.5) is 0 Å². The molecule has 0 aliphatic carbocycles. The van der Waals surface area contributed by atoms with Crippen LogP contribution in [0.1, 0.15) is 31.8 Å². The van der Waals surface area contributed by atoms with Gasteiger partial charge >= 0.3 is 5.97 Å².